The molecule has 1 rings (SSSR count). The third kappa shape index (κ3) is 3.28. The molecule has 6 heteroatoms. The van der Waals surface area contributed by atoms with Gasteiger partial charge in [-0.2, -0.15) is 0 Å². The molecule has 0 heterocycles. The molecule has 0 aliphatic rings. The van der Waals surface area contributed by atoms with Crippen LogP contribution in [0.3, 0.4) is 0 Å². The Kier molecular flexibility index (Phi) is 3.46. The average molecular weight is 251 g/mol. The minimum absolute atomic E-state index is 0.0611. The SMILES string of the molecule is CC(=O)Cc1ccc(S(=O)(=O)Cl)cc1F. The van der Waals surface area contributed by atoms with Gasteiger partial charge in [0.25, 0.3) is 9.05 Å². The fourth-order valence-electron chi connectivity index (χ4n) is 1.09. The van der Waals surface area contributed by atoms with E-state index in [0.29, 0.717) is 0 Å². The molecule has 0 N–H and O–H groups in total. The molecule has 1 aromatic rings. The molecule has 0 radical (unpaired) electrons. The van der Waals surface area contributed by atoms with Crippen LogP contribution in [0.1, 0.15) is 12.5 Å². The molecule has 0 spiro atoms. The van der Waals surface area contributed by atoms with Crippen molar-refractivity contribution in [1.29, 1.82) is 0 Å². The van der Waals surface area contributed by atoms with E-state index in [0.717, 1.165) is 6.07 Å². The number of carbonyl (C=O) groups is 1. The summed E-state index contributed by atoms with van der Waals surface area (Å²) in [6.45, 7) is 1.33. The van der Waals surface area contributed by atoms with E-state index in [9.17, 15) is 17.6 Å². The van der Waals surface area contributed by atoms with Crippen molar-refractivity contribution in [2.45, 2.75) is 18.2 Å². The molecule has 0 fully saturated rings. The quantitative estimate of drug-likeness (QED) is 0.770. The number of Topliss-reactive ketones (excluding diaryl/α,β-unsaturated/α-hetero) is 1. The summed E-state index contributed by atoms with van der Waals surface area (Å²) >= 11 is 0. The maximum absolute atomic E-state index is 13.3. The fraction of sp³-hybridized carbons (Fsp3) is 0.222. The number of rotatable bonds is 3. The Labute approximate surface area is 91.3 Å². The van der Waals surface area contributed by atoms with E-state index in [4.69, 9.17) is 10.7 Å². The first-order valence-corrected chi connectivity index (χ1v) is 6.34. The van der Waals surface area contributed by atoms with Crippen LogP contribution in [-0.2, 0) is 20.3 Å². The Morgan fingerprint density at radius 2 is 2.07 bits per heavy atom. The van der Waals surface area contributed by atoms with Gasteiger partial charge in [0, 0.05) is 17.1 Å². The highest BCUT2D eigenvalue weighted by molar-refractivity contribution is 8.13. The molecular formula is C9H8ClFO3S. The molecule has 0 aliphatic carbocycles. The van der Waals surface area contributed by atoms with E-state index in [2.05, 4.69) is 0 Å². The second kappa shape index (κ2) is 4.28. The molecule has 0 amide bonds. The summed E-state index contributed by atoms with van der Waals surface area (Å²) in [4.78, 5) is 10.4. The maximum atomic E-state index is 13.3. The van der Waals surface area contributed by atoms with Crippen LogP contribution in [0.15, 0.2) is 23.1 Å². The van der Waals surface area contributed by atoms with Crippen LogP contribution >= 0.6 is 10.7 Å². The largest absolute Gasteiger partial charge is 0.300 e. The van der Waals surface area contributed by atoms with Crippen LogP contribution < -0.4 is 0 Å². The normalized spacial score (nSPS) is 11.4. The molecule has 0 aromatic heterocycles. The highest BCUT2D eigenvalue weighted by Gasteiger charge is 2.13. The zero-order valence-corrected chi connectivity index (χ0v) is 9.40. The highest BCUT2D eigenvalue weighted by Crippen LogP contribution is 2.18. The van der Waals surface area contributed by atoms with Gasteiger partial charge in [-0.3, -0.25) is 4.79 Å². The summed E-state index contributed by atoms with van der Waals surface area (Å²) in [5, 5.41) is 0. The first kappa shape index (κ1) is 12.1. The van der Waals surface area contributed by atoms with Gasteiger partial charge < -0.3 is 0 Å². The van der Waals surface area contributed by atoms with E-state index in [1.54, 1.807) is 0 Å². The van der Waals surface area contributed by atoms with Crippen LogP contribution in [-0.4, -0.2) is 14.2 Å². The molecular weight excluding hydrogens is 243 g/mol. The van der Waals surface area contributed by atoms with E-state index in [-0.39, 0.29) is 22.7 Å². The second-order valence-electron chi connectivity index (χ2n) is 3.07. The molecule has 0 unspecified atom stereocenters. The number of hydrogen-bond donors (Lipinski definition) is 0. The Bertz CT molecular complexity index is 496. The van der Waals surface area contributed by atoms with Crippen LogP contribution in [0.2, 0.25) is 0 Å². The van der Waals surface area contributed by atoms with Gasteiger partial charge in [0.05, 0.1) is 4.90 Å². The number of hydrogen-bond acceptors (Lipinski definition) is 3. The van der Waals surface area contributed by atoms with Crippen LogP contribution in [0.5, 0.6) is 0 Å². The van der Waals surface area contributed by atoms with E-state index in [1.165, 1.54) is 19.1 Å². The van der Waals surface area contributed by atoms with Crippen molar-refractivity contribution >= 4 is 25.5 Å². The number of ketones is 1. The lowest BCUT2D eigenvalue weighted by Crippen LogP contribution is -2.01. The van der Waals surface area contributed by atoms with Gasteiger partial charge in [-0.25, -0.2) is 12.8 Å². The van der Waals surface area contributed by atoms with Crippen LogP contribution in [0.25, 0.3) is 0 Å². The topological polar surface area (TPSA) is 51.2 Å². The lowest BCUT2D eigenvalue weighted by atomic mass is 10.1. The monoisotopic (exact) mass is 250 g/mol. The minimum Gasteiger partial charge on any atom is -0.300 e. The lowest BCUT2D eigenvalue weighted by molar-refractivity contribution is -0.116. The van der Waals surface area contributed by atoms with Crippen molar-refractivity contribution in [2.24, 2.45) is 0 Å². The lowest BCUT2D eigenvalue weighted by Gasteiger charge is -2.02. The standard InChI is InChI=1S/C9H8ClFO3S/c1-6(12)4-7-2-3-8(5-9(7)11)15(10,13)14/h2-3,5H,4H2,1H3. The summed E-state index contributed by atoms with van der Waals surface area (Å²) in [7, 11) is 1.10. The van der Waals surface area contributed by atoms with Crippen molar-refractivity contribution in [3.05, 3.63) is 29.6 Å². The molecule has 0 atom stereocenters. The summed E-state index contributed by atoms with van der Waals surface area (Å²) in [5.74, 6) is -0.942. The van der Waals surface area contributed by atoms with Crippen molar-refractivity contribution in [2.75, 3.05) is 0 Å². The Balaban J connectivity index is 3.15. The molecule has 1 aromatic carbocycles. The predicted octanol–water partition coefficient (Wildman–Crippen LogP) is 1.88. The number of halogens is 2. The molecule has 15 heavy (non-hydrogen) atoms. The smallest absolute Gasteiger partial charge is 0.261 e. The summed E-state index contributed by atoms with van der Waals surface area (Å²) in [5.41, 5.74) is 0.159. The third-order valence-corrected chi connectivity index (χ3v) is 3.10. The van der Waals surface area contributed by atoms with Crippen molar-refractivity contribution in [3.8, 4) is 0 Å². The van der Waals surface area contributed by atoms with Crippen molar-refractivity contribution < 1.29 is 17.6 Å². The van der Waals surface area contributed by atoms with Crippen LogP contribution in [0.4, 0.5) is 4.39 Å². The van der Waals surface area contributed by atoms with Gasteiger partial charge in [0.1, 0.15) is 11.6 Å². The summed E-state index contributed by atoms with van der Waals surface area (Å²) < 4.78 is 35.0. The summed E-state index contributed by atoms with van der Waals surface area (Å²) in [6.07, 6.45) is -0.0611. The fourth-order valence-corrected chi connectivity index (χ4v) is 1.85. The zero-order chi connectivity index (χ0) is 11.6. The van der Waals surface area contributed by atoms with Gasteiger partial charge in [-0.1, -0.05) is 6.07 Å². The third-order valence-electron chi connectivity index (χ3n) is 1.75. The number of benzene rings is 1. The minimum atomic E-state index is -3.92. The van der Waals surface area contributed by atoms with Gasteiger partial charge >= 0.3 is 0 Å². The molecule has 0 saturated heterocycles. The van der Waals surface area contributed by atoms with E-state index >= 15 is 0 Å². The Morgan fingerprint density at radius 1 is 1.47 bits per heavy atom. The zero-order valence-electron chi connectivity index (χ0n) is 7.83. The first-order valence-electron chi connectivity index (χ1n) is 4.03. The molecule has 0 bridgehead atoms. The van der Waals surface area contributed by atoms with Gasteiger partial charge in [-0.15, -0.1) is 0 Å². The van der Waals surface area contributed by atoms with E-state index < -0.39 is 14.9 Å². The molecule has 82 valence electrons. The van der Waals surface area contributed by atoms with Gasteiger partial charge in [-0.05, 0) is 24.6 Å². The summed E-state index contributed by atoms with van der Waals surface area (Å²) in [6, 6.07) is 3.22. The van der Waals surface area contributed by atoms with Gasteiger partial charge in [0.15, 0.2) is 0 Å². The second-order valence-corrected chi connectivity index (χ2v) is 5.64. The highest BCUT2D eigenvalue weighted by atomic mass is 35.7. The molecule has 3 nitrogen and oxygen atoms in total. The molecule has 0 aliphatic heterocycles. The van der Waals surface area contributed by atoms with Crippen LogP contribution in [0, 0.1) is 5.82 Å². The first-order chi connectivity index (χ1) is 6.80. The van der Waals surface area contributed by atoms with Crippen molar-refractivity contribution in [1.82, 2.24) is 0 Å². The maximum Gasteiger partial charge on any atom is 0.261 e. The Hall–Kier alpha value is -0.940. The number of carbonyl (C=O) groups excluding carboxylic acids is 1. The molecule has 0 saturated carbocycles. The average Bonchev–Trinajstić information content (AvgIpc) is 2.05. The Morgan fingerprint density at radius 3 is 2.47 bits per heavy atom. The van der Waals surface area contributed by atoms with Gasteiger partial charge in [0.2, 0.25) is 0 Å². The van der Waals surface area contributed by atoms with E-state index in [1.807, 2.05) is 0 Å². The van der Waals surface area contributed by atoms with Crippen molar-refractivity contribution in [3.63, 3.8) is 0 Å². The predicted molar refractivity (Wildman–Crippen MR) is 53.8 cm³/mol.